The van der Waals surface area contributed by atoms with E-state index in [9.17, 15) is 13.2 Å². The number of rotatable bonds is 4. The Labute approximate surface area is 140 Å². The summed E-state index contributed by atoms with van der Waals surface area (Å²) in [5.74, 6) is 0.147. The van der Waals surface area contributed by atoms with Gasteiger partial charge in [-0.3, -0.25) is 9.52 Å². The van der Waals surface area contributed by atoms with E-state index in [1.54, 1.807) is 25.1 Å². The summed E-state index contributed by atoms with van der Waals surface area (Å²) in [7, 11) is -3.75. The van der Waals surface area contributed by atoms with Crippen LogP contribution >= 0.6 is 0 Å². The fourth-order valence-electron chi connectivity index (χ4n) is 2.38. The topological polar surface area (TPSA) is 84.5 Å². The molecule has 0 bridgehead atoms. The first-order valence-corrected chi connectivity index (χ1v) is 9.10. The predicted octanol–water partition coefficient (Wildman–Crippen LogP) is 2.77. The third kappa shape index (κ3) is 3.21. The van der Waals surface area contributed by atoms with Gasteiger partial charge in [0.1, 0.15) is 5.75 Å². The van der Waals surface area contributed by atoms with Crippen molar-refractivity contribution in [3.63, 3.8) is 0 Å². The molecule has 1 amide bonds. The van der Waals surface area contributed by atoms with Crippen LogP contribution in [-0.4, -0.2) is 20.4 Å². The minimum Gasteiger partial charge on any atom is -0.479 e. The summed E-state index contributed by atoms with van der Waals surface area (Å²) in [6, 6.07) is 11.6. The van der Waals surface area contributed by atoms with E-state index in [2.05, 4.69) is 10.0 Å². The molecule has 0 saturated heterocycles. The summed E-state index contributed by atoms with van der Waals surface area (Å²) in [5, 5.41) is 2.64. The number of carbonyl (C=O) groups is 1. The van der Waals surface area contributed by atoms with Crippen LogP contribution in [0.25, 0.3) is 0 Å². The minimum absolute atomic E-state index is 0.0549. The van der Waals surface area contributed by atoms with Crippen LogP contribution in [0.4, 0.5) is 11.4 Å². The van der Waals surface area contributed by atoms with Gasteiger partial charge in [-0.1, -0.05) is 19.1 Å². The largest absolute Gasteiger partial charge is 0.479 e. The van der Waals surface area contributed by atoms with Crippen molar-refractivity contribution in [2.75, 3.05) is 10.0 Å². The van der Waals surface area contributed by atoms with Crippen LogP contribution in [-0.2, 0) is 21.2 Å². The molecule has 1 aliphatic rings. The molecular formula is C17H18N2O4S. The standard InChI is InChI=1S/C17H18N2O4S/c1-3-12-4-6-13(7-5-12)19-24(21,22)14-8-9-16-15(10-14)18-17(20)11(2)23-16/h4-11,19H,3H2,1-2H3,(H,18,20). The Kier molecular flexibility index (Phi) is 4.19. The molecule has 2 aromatic carbocycles. The van der Waals surface area contributed by atoms with Gasteiger partial charge in [-0.05, 0) is 49.2 Å². The quantitative estimate of drug-likeness (QED) is 0.891. The van der Waals surface area contributed by atoms with Crippen molar-refractivity contribution < 1.29 is 17.9 Å². The zero-order chi connectivity index (χ0) is 17.3. The molecule has 7 heteroatoms. The molecular weight excluding hydrogens is 328 g/mol. The average molecular weight is 346 g/mol. The van der Waals surface area contributed by atoms with Crippen LogP contribution < -0.4 is 14.8 Å². The van der Waals surface area contributed by atoms with Crippen LogP contribution in [0.3, 0.4) is 0 Å². The van der Waals surface area contributed by atoms with Gasteiger partial charge in [0.05, 0.1) is 10.6 Å². The maximum absolute atomic E-state index is 12.5. The van der Waals surface area contributed by atoms with Crippen molar-refractivity contribution in [2.45, 2.75) is 31.3 Å². The number of fused-ring (bicyclic) bond motifs is 1. The molecule has 0 aromatic heterocycles. The number of anilines is 2. The third-order valence-corrected chi connectivity index (χ3v) is 5.19. The first kappa shape index (κ1) is 16.3. The molecule has 1 unspecified atom stereocenters. The van der Waals surface area contributed by atoms with Crippen molar-refractivity contribution in [3.05, 3.63) is 48.0 Å². The normalized spacial score (nSPS) is 16.8. The number of sulfonamides is 1. The monoisotopic (exact) mass is 346 g/mol. The van der Waals surface area contributed by atoms with Crippen LogP contribution in [0.1, 0.15) is 19.4 Å². The molecule has 24 heavy (non-hydrogen) atoms. The number of aryl methyl sites for hydroxylation is 1. The SMILES string of the molecule is CCc1ccc(NS(=O)(=O)c2ccc3c(c2)NC(=O)C(C)O3)cc1. The number of benzene rings is 2. The number of carbonyl (C=O) groups excluding carboxylic acids is 1. The van der Waals surface area contributed by atoms with E-state index in [0.29, 0.717) is 17.1 Å². The number of ether oxygens (including phenoxy) is 1. The van der Waals surface area contributed by atoms with Gasteiger partial charge in [-0.2, -0.15) is 0 Å². The first-order chi connectivity index (χ1) is 11.4. The molecule has 0 saturated carbocycles. The smallest absolute Gasteiger partial charge is 0.265 e. The molecule has 1 atom stereocenters. The highest BCUT2D eigenvalue weighted by Crippen LogP contribution is 2.32. The Bertz CT molecular complexity index is 876. The molecule has 0 fully saturated rings. The highest BCUT2D eigenvalue weighted by Gasteiger charge is 2.25. The van der Waals surface area contributed by atoms with Gasteiger partial charge in [0.15, 0.2) is 6.10 Å². The zero-order valence-corrected chi connectivity index (χ0v) is 14.2. The molecule has 2 aromatic rings. The Balaban J connectivity index is 1.87. The molecule has 1 heterocycles. The molecule has 3 rings (SSSR count). The van der Waals surface area contributed by atoms with Gasteiger partial charge in [0.25, 0.3) is 15.9 Å². The Morgan fingerprint density at radius 1 is 1.17 bits per heavy atom. The van der Waals surface area contributed by atoms with E-state index in [1.807, 2.05) is 19.1 Å². The lowest BCUT2D eigenvalue weighted by molar-refractivity contribution is -0.122. The Hall–Kier alpha value is -2.54. The van der Waals surface area contributed by atoms with E-state index in [1.165, 1.54) is 12.1 Å². The number of amides is 1. The van der Waals surface area contributed by atoms with Gasteiger partial charge in [-0.15, -0.1) is 0 Å². The highest BCUT2D eigenvalue weighted by molar-refractivity contribution is 7.92. The lowest BCUT2D eigenvalue weighted by Crippen LogP contribution is -2.34. The predicted molar refractivity (Wildman–Crippen MR) is 91.8 cm³/mol. The van der Waals surface area contributed by atoms with E-state index >= 15 is 0 Å². The second-order valence-electron chi connectivity index (χ2n) is 5.56. The molecule has 2 N–H and O–H groups in total. The zero-order valence-electron chi connectivity index (χ0n) is 13.4. The van der Waals surface area contributed by atoms with Gasteiger partial charge >= 0.3 is 0 Å². The fraction of sp³-hybridized carbons (Fsp3) is 0.235. The van der Waals surface area contributed by atoms with Gasteiger partial charge in [0, 0.05) is 5.69 Å². The number of hydrogen-bond donors (Lipinski definition) is 2. The van der Waals surface area contributed by atoms with Crippen molar-refractivity contribution >= 4 is 27.3 Å². The molecule has 0 radical (unpaired) electrons. The van der Waals surface area contributed by atoms with Crippen molar-refractivity contribution in [2.24, 2.45) is 0 Å². The van der Waals surface area contributed by atoms with E-state index < -0.39 is 16.1 Å². The molecule has 1 aliphatic heterocycles. The number of nitrogens with one attached hydrogen (secondary N) is 2. The second kappa shape index (κ2) is 6.16. The summed E-state index contributed by atoms with van der Waals surface area (Å²) < 4.78 is 33.0. The molecule has 0 aliphatic carbocycles. The molecule has 6 nitrogen and oxygen atoms in total. The van der Waals surface area contributed by atoms with Crippen molar-refractivity contribution in [1.29, 1.82) is 0 Å². The van der Waals surface area contributed by atoms with Crippen LogP contribution in [0.5, 0.6) is 5.75 Å². The molecule has 0 spiro atoms. The molecule has 126 valence electrons. The van der Waals surface area contributed by atoms with Gasteiger partial charge < -0.3 is 10.1 Å². The summed E-state index contributed by atoms with van der Waals surface area (Å²) in [4.78, 5) is 11.7. The average Bonchev–Trinajstić information content (AvgIpc) is 2.56. The Morgan fingerprint density at radius 3 is 2.54 bits per heavy atom. The van der Waals surface area contributed by atoms with Gasteiger partial charge in [-0.25, -0.2) is 8.42 Å². The number of hydrogen-bond acceptors (Lipinski definition) is 4. The summed E-state index contributed by atoms with van der Waals surface area (Å²) in [5.41, 5.74) is 1.96. The van der Waals surface area contributed by atoms with E-state index in [4.69, 9.17) is 4.74 Å². The maximum atomic E-state index is 12.5. The van der Waals surface area contributed by atoms with Crippen LogP contribution in [0.2, 0.25) is 0 Å². The highest BCUT2D eigenvalue weighted by atomic mass is 32.2. The van der Waals surface area contributed by atoms with Crippen molar-refractivity contribution in [1.82, 2.24) is 0 Å². The fourth-order valence-corrected chi connectivity index (χ4v) is 3.46. The van der Waals surface area contributed by atoms with Crippen LogP contribution in [0.15, 0.2) is 47.4 Å². The van der Waals surface area contributed by atoms with Gasteiger partial charge in [0.2, 0.25) is 0 Å². The summed E-state index contributed by atoms with van der Waals surface area (Å²) in [6.07, 6.45) is 0.283. The Morgan fingerprint density at radius 2 is 1.88 bits per heavy atom. The minimum atomic E-state index is -3.75. The second-order valence-corrected chi connectivity index (χ2v) is 7.25. The lowest BCUT2D eigenvalue weighted by Gasteiger charge is -2.23. The van der Waals surface area contributed by atoms with E-state index in [0.717, 1.165) is 12.0 Å². The maximum Gasteiger partial charge on any atom is 0.265 e. The third-order valence-electron chi connectivity index (χ3n) is 3.81. The van der Waals surface area contributed by atoms with E-state index in [-0.39, 0.29) is 10.8 Å². The van der Waals surface area contributed by atoms with Crippen molar-refractivity contribution in [3.8, 4) is 5.75 Å². The summed E-state index contributed by atoms with van der Waals surface area (Å²) in [6.45, 7) is 3.66. The van der Waals surface area contributed by atoms with Crippen LogP contribution in [0, 0.1) is 0 Å². The summed E-state index contributed by atoms with van der Waals surface area (Å²) >= 11 is 0. The first-order valence-electron chi connectivity index (χ1n) is 7.62. The lowest BCUT2D eigenvalue weighted by atomic mass is 10.2.